The second kappa shape index (κ2) is 33.6. The standard InChI is InChI=1S/2C22H25FO3.2C21H25FO2.CH4/c2*1-22(2)11-5-6-19(22)17-12-14(21(24)26-4)7-9-16(17)18-13-15(25-3)8-10-20(18)23;2*1-21(2)10-4-5-19(21)17-11-14(13-23)6-8-16(17)18-12-15(24-3)7-9-20(18)22;/h2*7-10,12-13,19H,5-6,11H2,1-4H3;2*6-9,11-12,19,23H,4-5,10,13H2,1-3H3;1H4/t4*19-;/m1010./s1. The number of halogens is 4. The molecule has 0 aliphatic heterocycles. The molecular formula is C87H104F4O10. The van der Waals surface area contributed by atoms with Gasteiger partial charge in [0.05, 0.1) is 67.0 Å². The Morgan fingerprint density at radius 1 is 0.347 bits per heavy atom. The summed E-state index contributed by atoms with van der Waals surface area (Å²) in [7, 11) is 9.06. The van der Waals surface area contributed by atoms with Crippen LogP contribution in [0, 0.1) is 44.9 Å². The molecule has 10 nitrogen and oxygen atoms in total. The fourth-order valence-corrected chi connectivity index (χ4v) is 16.1. The fourth-order valence-electron chi connectivity index (χ4n) is 16.1. The summed E-state index contributed by atoms with van der Waals surface area (Å²) in [5.41, 5.74) is 13.1. The average Bonchev–Trinajstić information content (AvgIpc) is 1.76. The minimum Gasteiger partial charge on any atom is -0.497 e. The summed E-state index contributed by atoms with van der Waals surface area (Å²) in [5, 5.41) is 19.1. The molecule has 4 fully saturated rings. The van der Waals surface area contributed by atoms with Crippen LogP contribution in [0.1, 0.15) is 218 Å². The lowest BCUT2D eigenvalue weighted by atomic mass is 9.75. The van der Waals surface area contributed by atoms with Crippen LogP contribution in [0.15, 0.2) is 146 Å². The highest BCUT2D eigenvalue weighted by atomic mass is 19.1. The zero-order chi connectivity index (χ0) is 72.4. The van der Waals surface area contributed by atoms with Gasteiger partial charge < -0.3 is 38.6 Å². The van der Waals surface area contributed by atoms with Gasteiger partial charge in [0.1, 0.15) is 46.3 Å². The maximum Gasteiger partial charge on any atom is 0.337 e. The molecule has 0 spiro atoms. The minimum atomic E-state index is -0.375. The Labute approximate surface area is 596 Å². The third kappa shape index (κ3) is 17.7. The molecule has 101 heavy (non-hydrogen) atoms. The monoisotopic (exact) mass is 1380 g/mol. The predicted molar refractivity (Wildman–Crippen MR) is 396 cm³/mol. The van der Waals surface area contributed by atoms with Crippen molar-refractivity contribution in [3.05, 3.63) is 213 Å². The number of hydrogen-bond donors (Lipinski definition) is 2. The van der Waals surface area contributed by atoms with E-state index in [0.717, 1.165) is 107 Å². The molecule has 0 bridgehead atoms. The Balaban J connectivity index is 0.000000171. The van der Waals surface area contributed by atoms with E-state index in [1.807, 2.05) is 60.7 Å². The van der Waals surface area contributed by atoms with Crippen molar-refractivity contribution in [1.29, 1.82) is 0 Å². The lowest BCUT2D eigenvalue weighted by Gasteiger charge is -2.30. The maximum atomic E-state index is 14.6. The molecule has 0 amide bonds. The van der Waals surface area contributed by atoms with E-state index in [4.69, 9.17) is 28.4 Å². The lowest BCUT2D eigenvalue weighted by Crippen LogP contribution is -2.17. The average molecular weight is 1390 g/mol. The molecule has 4 aliphatic rings. The molecular weight excluding hydrogens is 1280 g/mol. The summed E-state index contributed by atoms with van der Waals surface area (Å²) in [6, 6.07) is 41.7. The molecule has 4 aliphatic carbocycles. The number of aliphatic hydroxyl groups excluding tert-OH is 2. The summed E-state index contributed by atoms with van der Waals surface area (Å²) >= 11 is 0. The highest BCUT2D eigenvalue weighted by Crippen LogP contribution is 2.56. The van der Waals surface area contributed by atoms with Gasteiger partial charge in [-0.15, -0.1) is 0 Å². The van der Waals surface area contributed by atoms with Crippen molar-refractivity contribution in [2.45, 2.75) is 177 Å². The SMILES string of the molecule is C.COC(=O)c1ccc(-c2cc(OC)ccc2F)c([C@@H]2CCCC2(C)C)c1.COC(=O)c1ccc(-c2cc(OC)ccc2F)c([C@H]2CCCC2(C)C)c1.COc1ccc(F)c(-c2ccc(CO)cc2[C@@H]2CCCC2(C)C)c1.COc1ccc(F)c(-c2ccc(CO)cc2[C@H]2CCCC2(C)C)c1. The van der Waals surface area contributed by atoms with Crippen molar-refractivity contribution >= 4 is 11.9 Å². The lowest BCUT2D eigenvalue weighted by molar-refractivity contribution is 0.0591. The van der Waals surface area contributed by atoms with Crippen LogP contribution in [0.3, 0.4) is 0 Å². The molecule has 8 aromatic rings. The van der Waals surface area contributed by atoms with Gasteiger partial charge in [0, 0.05) is 22.3 Å². The molecule has 4 saturated carbocycles. The van der Waals surface area contributed by atoms with Crippen LogP contribution in [0.5, 0.6) is 23.0 Å². The molecule has 12 rings (SSSR count). The highest BCUT2D eigenvalue weighted by Gasteiger charge is 2.41. The second-order valence-electron chi connectivity index (χ2n) is 29.9. The minimum absolute atomic E-state index is 0. The number of methoxy groups -OCH3 is 6. The number of hydrogen-bond acceptors (Lipinski definition) is 10. The van der Waals surface area contributed by atoms with Gasteiger partial charge in [-0.2, -0.15) is 0 Å². The predicted octanol–water partition coefficient (Wildman–Crippen LogP) is 22.4. The number of carbonyl (C=O) groups is 2. The zero-order valence-corrected chi connectivity index (χ0v) is 60.7. The third-order valence-electron chi connectivity index (χ3n) is 21.9. The molecule has 0 heterocycles. The molecule has 8 aromatic carbocycles. The van der Waals surface area contributed by atoms with E-state index in [1.165, 1.54) is 64.2 Å². The van der Waals surface area contributed by atoms with Crippen LogP contribution in [-0.4, -0.2) is 64.8 Å². The Hall–Kier alpha value is -8.46. The first-order valence-electron chi connectivity index (χ1n) is 34.9. The van der Waals surface area contributed by atoms with Crippen LogP contribution in [0.4, 0.5) is 17.6 Å². The Morgan fingerprint density at radius 3 is 0.792 bits per heavy atom. The molecule has 2 N–H and O–H groups in total. The van der Waals surface area contributed by atoms with Gasteiger partial charge in [0.2, 0.25) is 0 Å². The third-order valence-corrected chi connectivity index (χ3v) is 21.9. The summed E-state index contributed by atoms with van der Waals surface area (Å²) < 4.78 is 89.2. The first-order valence-corrected chi connectivity index (χ1v) is 34.9. The van der Waals surface area contributed by atoms with Crippen LogP contribution < -0.4 is 18.9 Å². The molecule has 540 valence electrons. The van der Waals surface area contributed by atoms with E-state index in [-0.39, 0.29) is 89.3 Å². The van der Waals surface area contributed by atoms with Gasteiger partial charge in [0.15, 0.2) is 0 Å². The molecule has 14 heteroatoms. The van der Waals surface area contributed by atoms with E-state index in [1.54, 1.807) is 89.1 Å². The fraction of sp³-hybridized carbons (Fsp3) is 0.425. The maximum absolute atomic E-state index is 14.6. The Morgan fingerprint density at radius 2 is 0.584 bits per heavy atom. The largest absolute Gasteiger partial charge is 0.497 e. The quantitative estimate of drug-likeness (QED) is 0.0712. The number of benzene rings is 8. The molecule has 0 radical (unpaired) electrons. The van der Waals surface area contributed by atoms with Crippen molar-refractivity contribution in [3.8, 4) is 67.5 Å². The van der Waals surface area contributed by atoms with E-state index < -0.39 is 0 Å². The molecule has 0 aromatic heterocycles. The number of rotatable bonds is 16. The summed E-state index contributed by atoms with van der Waals surface area (Å²) in [4.78, 5) is 24.1. The van der Waals surface area contributed by atoms with Gasteiger partial charge in [-0.25, -0.2) is 27.2 Å². The van der Waals surface area contributed by atoms with Crippen LogP contribution in [-0.2, 0) is 22.7 Å². The Kier molecular flexibility index (Phi) is 26.0. The van der Waals surface area contributed by atoms with Crippen molar-refractivity contribution in [1.82, 2.24) is 0 Å². The zero-order valence-electron chi connectivity index (χ0n) is 60.7. The molecule has 4 atom stereocenters. The van der Waals surface area contributed by atoms with E-state index in [0.29, 0.717) is 68.2 Å². The number of carbonyl (C=O) groups excluding carboxylic acids is 2. The van der Waals surface area contributed by atoms with Gasteiger partial charge in [-0.1, -0.05) is 137 Å². The smallest absolute Gasteiger partial charge is 0.337 e. The van der Waals surface area contributed by atoms with Gasteiger partial charge in [-0.3, -0.25) is 0 Å². The first-order chi connectivity index (χ1) is 47.7. The van der Waals surface area contributed by atoms with E-state index in [2.05, 4.69) is 55.4 Å². The van der Waals surface area contributed by atoms with Gasteiger partial charge >= 0.3 is 11.9 Å². The highest BCUT2D eigenvalue weighted by molar-refractivity contribution is 5.92. The molecule has 0 unspecified atom stereocenters. The molecule has 0 saturated heterocycles. The van der Waals surface area contributed by atoms with Crippen molar-refractivity contribution in [3.63, 3.8) is 0 Å². The number of aliphatic hydroxyl groups is 2. The van der Waals surface area contributed by atoms with Crippen LogP contribution in [0.2, 0.25) is 0 Å². The second-order valence-corrected chi connectivity index (χ2v) is 29.9. The summed E-state index contributed by atoms with van der Waals surface area (Å²) in [5.74, 6) is 1.92. The van der Waals surface area contributed by atoms with Crippen molar-refractivity contribution in [2.24, 2.45) is 21.7 Å². The summed E-state index contributed by atoms with van der Waals surface area (Å²) in [6.07, 6.45) is 13.4. The van der Waals surface area contributed by atoms with Crippen molar-refractivity contribution < 1.29 is 65.8 Å². The topological polar surface area (TPSA) is 130 Å². The van der Waals surface area contributed by atoms with E-state index >= 15 is 0 Å². The first kappa shape index (κ1) is 78.3. The normalized spacial score (nSPS) is 18.8. The number of ether oxygens (including phenoxy) is 6. The van der Waals surface area contributed by atoms with Crippen molar-refractivity contribution in [2.75, 3.05) is 42.7 Å². The number of esters is 2. The summed E-state index contributed by atoms with van der Waals surface area (Å²) in [6.45, 7) is 18.1. The van der Waals surface area contributed by atoms with Crippen LogP contribution >= 0.6 is 0 Å². The van der Waals surface area contributed by atoms with Gasteiger partial charge in [0.25, 0.3) is 0 Å². The van der Waals surface area contributed by atoms with Crippen LogP contribution in [0.25, 0.3) is 44.5 Å². The van der Waals surface area contributed by atoms with E-state index in [9.17, 15) is 37.4 Å². The van der Waals surface area contributed by atoms with Gasteiger partial charge in [-0.05, 0) is 249 Å². The Bertz CT molecular complexity index is 3920.